The van der Waals surface area contributed by atoms with Crippen molar-refractivity contribution in [2.75, 3.05) is 0 Å². The molecule has 1 N–H and O–H groups in total. The van der Waals surface area contributed by atoms with Gasteiger partial charge in [0.15, 0.2) is 0 Å². The molecule has 0 saturated carbocycles. The highest BCUT2D eigenvalue weighted by atomic mass is 32.1. The largest absolute Gasteiger partial charge is 0.408 e. The molecule has 0 unspecified atom stereocenters. The van der Waals surface area contributed by atoms with E-state index in [1.54, 1.807) is 11.3 Å². The number of H-pyrrole nitrogens is 1. The Bertz CT molecular complexity index is 574. The SMILES string of the molecule is CCc1nc(C(C)(C)C)sc1-c1n[nH]c(=S)o1. The summed E-state index contributed by atoms with van der Waals surface area (Å²) in [5.41, 5.74) is 1.06. The Morgan fingerprint density at radius 3 is 2.59 bits per heavy atom. The first-order valence-electron chi connectivity index (χ1n) is 5.48. The topological polar surface area (TPSA) is 54.7 Å². The average molecular weight is 269 g/mol. The van der Waals surface area contributed by atoms with Gasteiger partial charge >= 0.3 is 0 Å². The van der Waals surface area contributed by atoms with Gasteiger partial charge in [-0.1, -0.05) is 27.7 Å². The standard InChI is InChI=1S/C11H15N3OS2/c1-5-6-7(8-13-14-10(16)15-8)17-9(12-6)11(2,3)4/h5H2,1-4H3,(H,14,16). The fraction of sp³-hybridized carbons (Fsp3) is 0.545. The summed E-state index contributed by atoms with van der Waals surface area (Å²) in [6, 6.07) is 0. The van der Waals surface area contributed by atoms with E-state index in [0.717, 1.165) is 22.0 Å². The zero-order valence-corrected chi connectivity index (χ0v) is 12.0. The second-order valence-corrected chi connectivity index (χ2v) is 6.19. The summed E-state index contributed by atoms with van der Waals surface area (Å²) < 4.78 is 5.36. The van der Waals surface area contributed by atoms with E-state index in [1.807, 2.05) is 0 Å². The van der Waals surface area contributed by atoms with Crippen molar-refractivity contribution in [1.82, 2.24) is 15.2 Å². The number of hydrogen-bond acceptors (Lipinski definition) is 5. The molecule has 2 aromatic heterocycles. The Balaban J connectivity index is 2.54. The maximum absolute atomic E-state index is 5.36. The molecule has 2 heterocycles. The summed E-state index contributed by atoms with van der Waals surface area (Å²) in [4.78, 5) is 5.93. The minimum absolute atomic E-state index is 0.0416. The lowest BCUT2D eigenvalue weighted by molar-refractivity contribution is 0.552. The normalized spacial score (nSPS) is 12.0. The van der Waals surface area contributed by atoms with Crippen molar-refractivity contribution in [3.63, 3.8) is 0 Å². The van der Waals surface area contributed by atoms with Crippen LogP contribution < -0.4 is 0 Å². The molecule has 0 aromatic carbocycles. The average Bonchev–Trinajstić information content (AvgIpc) is 2.81. The van der Waals surface area contributed by atoms with Crippen LogP contribution in [-0.4, -0.2) is 15.2 Å². The third-order valence-corrected chi connectivity index (χ3v) is 3.99. The highest BCUT2D eigenvalue weighted by molar-refractivity contribution is 7.71. The van der Waals surface area contributed by atoms with Gasteiger partial charge < -0.3 is 4.42 Å². The summed E-state index contributed by atoms with van der Waals surface area (Å²) in [7, 11) is 0. The molecule has 6 heteroatoms. The van der Waals surface area contributed by atoms with Crippen LogP contribution in [0.2, 0.25) is 0 Å². The van der Waals surface area contributed by atoms with E-state index in [1.165, 1.54) is 0 Å². The molecule has 4 nitrogen and oxygen atoms in total. The highest BCUT2D eigenvalue weighted by Gasteiger charge is 2.23. The number of thiazole rings is 1. The molecule has 0 radical (unpaired) electrons. The Labute approximate surface area is 109 Å². The predicted molar refractivity (Wildman–Crippen MR) is 70.9 cm³/mol. The van der Waals surface area contributed by atoms with E-state index in [2.05, 4.69) is 42.9 Å². The van der Waals surface area contributed by atoms with Crippen molar-refractivity contribution in [3.05, 3.63) is 15.5 Å². The molecule has 0 aliphatic carbocycles. The van der Waals surface area contributed by atoms with Crippen LogP contribution in [0.1, 0.15) is 38.4 Å². The number of aromatic amines is 1. The molecule has 0 saturated heterocycles. The zero-order chi connectivity index (χ0) is 12.6. The zero-order valence-electron chi connectivity index (χ0n) is 10.3. The van der Waals surface area contributed by atoms with Crippen LogP contribution in [0.4, 0.5) is 0 Å². The molecule has 0 bridgehead atoms. The van der Waals surface area contributed by atoms with Crippen LogP contribution in [0, 0.1) is 4.84 Å². The monoisotopic (exact) mass is 269 g/mol. The lowest BCUT2D eigenvalue weighted by Gasteiger charge is -2.13. The molecular formula is C11H15N3OS2. The second-order valence-electron chi connectivity index (χ2n) is 4.82. The first kappa shape index (κ1) is 12.4. The van der Waals surface area contributed by atoms with Gasteiger partial charge in [-0.3, -0.25) is 0 Å². The van der Waals surface area contributed by atoms with Crippen molar-refractivity contribution >= 4 is 23.6 Å². The van der Waals surface area contributed by atoms with Crippen molar-refractivity contribution in [2.45, 2.75) is 39.5 Å². The number of nitrogens with one attached hydrogen (secondary N) is 1. The van der Waals surface area contributed by atoms with E-state index < -0.39 is 0 Å². The predicted octanol–water partition coefficient (Wildman–Crippen LogP) is 3.72. The van der Waals surface area contributed by atoms with Gasteiger partial charge in [-0.25, -0.2) is 10.1 Å². The Hall–Kier alpha value is -1.01. The molecular weight excluding hydrogens is 254 g/mol. The molecule has 0 spiro atoms. The van der Waals surface area contributed by atoms with Gasteiger partial charge in [0.05, 0.1) is 10.7 Å². The van der Waals surface area contributed by atoms with Gasteiger partial charge in [-0.15, -0.1) is 16.4 Å². The van der Waals surface area contributed by atoms with Gasteiger partial charge in [0.25, 0.3) is 10.7 Å². The van der Waals surface area contributed by atoms with E-state index in [4.69, 9.17) is 16.6 Å². The third kappa shape index (κ3) is 2.47. The van der Waals surface area contributed by atoms with Crippen LogP contribution in [0.25, 0.3) is 10.8 Å². The molecule has 0 amide bonds. The molecule has 2 aromatic rings. The van der Waals surface area contributed by atoms with Crippen molar-refractivity contribution in [1.29, 1.82) is 0 Å². The molecule has 92 valence electrons. The number of hydrogen-bond donors (Lipinski definition) is 1. The molecule has 0 aliphatic heterocycles. The summed E-state index contributed by atoms with van der Waals surface area (Å²) >= 11 is 6.52. The fourth-order valence-corrected chi connectivity index (χ4v) is 2.67. The summed E-state index contributed by atoms with van der Waals surface area (Å²) in [6.45, 7) is 8.52. The lowest BCUT2D eigenvalue weighted by Crippen LogP contribution is -2.10. The van der Waals surface area contributed by atoms with Gasteiger partial charge in [-0.2, -0.15) is 0 Å². The van der Waals surface area contributed by atoms with Crippen LogP contribution in [0.15, 0.2) is 4.42 Å². The van der Waals surface area contributed by atoms with Gasteiger partial charge in [0.2, 0.25) is 0 Å². The van der Waals surface area contributed by atoms with Crippen LogP contribution >= 0.6 is 23.6 Å². The van der Waals surface area contributed by atoms with Crippen molar-refractivity contribution in [2.24, 2.45) is 0 Å². The minimum Gasteiger partial charge on any atom is -0.408 e. The Morgan fingerprint density at radius 2 is 2.12 bits per heavy atom. The first-order valence-corrected chi connectivity index (χ1v) is 6.70. The summed E-state index contributed by atoms with van der Waals surface area (Å²) in [6.07, 6.45) is 0.858. The number of aromatic nitrogens is 3. The number of aryl methyl sites for hydroxylation is 1. The van der Waals surface area contributed by atoms with E-state index in [0.29, 0.717) is 10.7 Å². The maximum atomic E-state index is 5.36. The quantitative estimate of drug-likeness (QED) is 0.844. The van der Waals surface area contributed by atoms with E-state index in [9.17, 15) is 0 Å². The molecule has 2 rings (SSSR count). The molecule has 0 fully saturated rings. The lowest BCUT2D eigenvalue weighted by atomic mass is 9.98. The highest BCUT2D eigenvalue weighted by Crippen LogP contribution is 2.35. The molecule has 0 aliphatic rings. The fourth-order valence-electron chi connectivity index (χ4n) is 1.41. The smallest absolute Gasteiger partial charge is 0.284 e. The minimum atomic E-state index is 0.0416. The Kier molecular flexibility index (Phi) is 3.18. The van der Waals surface area contributed by atoms with Gasteiger partial charge in [0, 0.05) is 5.41 Å². The summed E-state index contributed by atoms with van der Waals surface area (Å²) in [5.74, 6) is 0.542. The van der Waals surface area contributed by atoms with Gasteiger partial charge in [-0.05, 0) is 18.6 Å². The molecule has 17 heavy (non-hydrogen) atoms. The third-order valence-electron chi connectivity index (χ3n) is 2.31. The molecule has 0 atom stereocenters. The Morgan fingerprint density at radius 1 is 1.41 bits per heavy atom. The number of rotatable bonds is 2. The maximum Gasteiger partial charge on any atom is 0.284 e. The van der Waals surface area contributed by atoms with Crippen LogP contribution in [-0.2, 0) is 11.8 Å². The summed E-state index contributed by atoms with van der Waals surface area (Å²) in [5, 5.41) is 7.80. The van der Waals surface area contributed by atoms with Crippen LogP contribution in [0.5, 0.6) is 0 Å². The number of nitrogens with zero attached hydrogens (tertiary/aromatic N) is 2. The first-order chi connectivity index (χ1) is 7.91. The van der Waals surface area contributed by atoms with Gasteiger partial charge in [0.1, 0.15) is 4.88 Å². The van der Waals surface area contributed by atoms with Crippen molar-refractivity contribution in [3.8, 4) is 10.8 Å². The second kappa shape index (κ2) is 4.34. The van der Waals surface area contributed by atoms with Crippen LogP contribution in [0.3, 0.4) is 0 Å². The van der Waals surface area contributed by atoms with E-state index in [-0.39, 0.29) is 5.41 Å². The van der Waals surface area contributed by atoms with Crippen molar-refractivity contribution < 1.29 is 4.42 Å². The van der Waals surface area contributed by atoms with E-state index >= 15 is 0 Å².